The Morgan fingerprint density at radius 2 is 1.16 bits per heavy atom. The van der Waals surface area contributed by atoms with Crippen molar-refractivity contribution in [1.29, 1.82) is 0 Å². The van der Waals surface area contributed by atoms with Gasteiger partial charge in [0.05, 0.1) is 12.9 Å². The molecule has 1 unspecified atom stereocenters. The Labute approximate surface area is 357 Å². The van der Waals surface area contributed by atoms with Crippen LogP contribution in [0.2, 0.25) is 0 Å². The molecular weight excluding hydrogens is 723 g/mol. The van der Waals surface area contributed by atoms with Gasteiger partial charge < -0.3 is 24.7 Å². The number of unbranched alkanes of at least 4 members (excludes halogenated alkanes) is 21. The number of hydrogen-bond donors (Lipinski definition) is 1. The fraction of sp³-hybridized carbons (Fsp3) is 0.837. The number of aromatic nitrogens is 2. The van der Waals surface area contributed by atoms with Gasteiger partial charge in [0.25, 0.3) is 0 Å². The molecule has 58 heavy (non-hydrogen) atoms. The number of carbonyl (C=O) groups is 2. The van der Waals surface area contributed by atoms with Crippen molar-refractivity contribution in [2.24, 2.45) is 10.7 Å². The van der Waals surface area contributed by atoms with Gasteiger partial charge in [0.1, 0.15) is 11.8 Å². The van der Waals surface area contributed by atoms with E-state index in [4.69, 9.17) is 15.2 Å². The number of esters is 2. The van der Waals surface area contributed by atoms with Crippen LogP contribution in [0.3, 0.4) is 0 Å². The van der Waals surface area contributed by atoms with E-state index in [1.165, 1.54) is 122 Å². The Morgan fingerprint density at radius 3 is 1.72 bits per heavy atom. The van der Waals surface area contributed by atoms with Crippen LogP contribution >= 0.6 is 0 Å². The van der Waals surface area contributed by atoms with Crippen LogP contribution in [-0.4, -0.2) is 64.6 Å². The van der Waals surface area contributed by atoms with E-state index in [-0.39, 0.29) is 18.0 Å². The zero-order valence-corrected chi connectivity index (χ0v) is 38.4. The van der Waals surface area contributed by atoms with Gasteiger partial charge in [-0.15, -0.1) is 0 Å². The number of nitrogens with zero attached hydrogens (tertiary/aromatic N) is 4. The maximum atomic E-state index is 12.8. The Balaban J connectivity index is 2.42. The molecule has 0 fully saturated rings. The second kappa shape index (κ2) is 38.5. The number of carbonyl (C=O) groups excluding carboxylic acids is 2. The molecule has 0 aliphatic carbocycles. The van der Waals surface area contributed by atoms with E-state index in [1.54, 1.807) is 0 Å². The SMILES string of the molecule is C=CN=C(N)c1ncn(CCCN(CCCCCCCC(=O)OCCCCCCCCC)CCCCCCCC(=O)OC(CCCCCC)CCCCCCC)c1C. The Morgan fingerprint density at radius 1 is 0.690 bits per heavy atom. The summed E-state index contributed by atoms with van der Waals surface area (Å²) in [5.41, 5.74) is 7.85. The third-order valence-electron chi connectivity index (χ3n) is 11.5. The molecular formula is C49H91N5O4. The van der Waals surface area contributed by atoms with E-state index >= 15 is 0 Å². The van der Waals surface area contributed by atoms with Gasteiger partial charge in [-0.1, -0.05) is 149 Å². The smallest absolute Gasteiger partial charge is 0.306 e. The number of ether oxygens (including phenoxy) is 2. The van der Waals surface area contributed by atoms with Crippen molar-refractivity contribution < 1.29 is 19.1 Å². The molecule has 0 amide bonds. The van der Waals surface area contributed by atoms with Gasteiger partial charge in [-0.2, -0.15) is 0 Å². The third-order valence-corrected chi connectivity index (χ3v) is 11.5. The summed E-state index contributed by atoms with van der Waals surface area (Å²) in [5.74, 6) is 0.383. The Kier molecular flexibility index (Phi) is 35.4. The van der Waals surface area contributed by atoms with E-state index in [0.717, 1.165) is 108 Å². The molecule has 1 heterocycles. The van der Waals surface area contributed by atoms with Crippen molar-refractivity contribution >= 4 is 17.8 Å². The van der Waals surface area contributed by atoms with Crippen LogP contribution in [0.1, 0.15) is 231 Å². The summed E-state index contributed by atoms with van der Waals surface area (Å²) in [6.07, 6.45) is 38.5. The van der Waals surface area contributed by atoms with E-state index in [9.17, 15) is 9.59 Å². The molecule has 0 aliphatic rings. The average Bonchev–Trinajstić information content (AvgIpc) is 3.58. The minimum Gasteiger partial charge on any atom is -0.466 e. The molecule has 0 spiro atoms. The zero-order chi connectivity index (χ0) is 42.3. The number of hydrogen-bond acceptors (Lipinski definition) is 7. The first-order valence-corrected chi connectivity index (χ1v) is 24.4. The lowest BCUT2D eigenvalue weighted by Gasteiger charge is -2.22. The molecule has 2 N–H and O–H groups in total. The number of amidine groups is 1. The summed E-state index contributed by atoms with van der Waals surface area (Å²) in [5, 5.41) is 0. The molecule has 0 aromatic carbocycles. The van der Waals surface area contributed by atoms with E-state index < -0.39 is 0 Å². The molecule has 9 heteroatoms. The predicted molar refractivity (Wildman–Crippen MR) is 245 cm³/mol. The van der Waals surface area contributed by atoms with Crippen LogP contribution in [-0.2, 0) is 25.6 Å². The molecule has 0 bridgehead atoms. The predicted octanol–water partition coefficient (Wildman–Crippen LogP) is 13.0. The van der Waals surface area contributed by atoms with Gasteiger partial charge in [-0.05, 0) is 90.8 Å². The van der Waals surface area contributed by atoms with Gasteiger partial charge in [-0.25, -0.2) is 9.98 Å². The summed E-state index contributed by atoms with van der Waals surface area (Å²) < 4.78 is 13.7. The highest BCUT2D eigenvalue weighted by molar-refractivity contribution is 5.97. The molecule has 1 aromatic heterocycles. The first-order chi connectivity index (χ1) is 28.4. The molecule has 1 atom stereocenters. The highest BCUT2D eigenvalue weighted by Crippen LogP contribution is 2.18. The first-order valence-electron chi connectivity index (χ1n) is 24.4. The van der Waals surface area contributed by atoms with Gasteiger partial charge in [0.15, 0.2) is 5.84 Å². The summed E-state index contributed by atoms with van der Waals surface area (Å²) in [6.45, 7) is 17.1. The minimum atomic E-state index is -0.0293. The van der Waals surface area contributed by atoms with Crippen molar-refractivity contribution in [3.8, 4) is 0 Å². The molecule has 1 rings (SSSR count). The molecule has 0 saturated heterocycles. The average molecular weight is 814 g/mol. The van der Waals surface area contributed by atoms with Crippen LogP contribution in [0, 0.1) is 6.92 Å². The zero-order valence-electron chi connectivity index (χ0n) is 38.4. The summed E-state index contributed by atoms with van der Waals surface area (Å²) >= 11 is 0. The second-order valence-corrected chi connectivity index (χ2v) is 16.8. The molecule has 0 aliphatic heterocycles. The quantitative estimate of drug-likeness (QED) is 0.0303. The number of aryl methyl sites for hydroxylation is 1. The molecule has 0 radical (unpaired) electrons. The van der Waals surface area contributed by atoms with Gasteiger partial charge in [-0.3, -0.25) is 9.59 Å². The van der Waals surface area contributed by atoms with Crippen molar-refractivity contribution in [3.05, 3.63) is 30.5 Å². The highest BCUT2D eigenvalue weighted by Gasteiger charge is 2.15. The lowest BCUT2D eigenvalue weighted by atomic mass is 10.0. The van der Waals surface area contributed by atoms with Crippen molar-refractivity contribution in [1.82, 2.24) is 14.5 Å². The third kappa shape index (κ3) is 29.5. The maximum absolute atomic E-state index is 12.8. The van der Waals surface area contributed by atoms with Gasteiger partial charge in [0, 0.05) is 31.3 Å². The van der Waals surface area contributed by atoms with E-state index in [0.29, 0.717) is 25.3 Å². The lowest BCUT2D eigenvalue weighted by Crippen LogP contribution is -2.28. The second-order valence-electron chi connectivity index (χ2n) is 16.8. The van der Waals surface area contributed by atoms with E-state index in [2.05, 4.69) is 46.8 Å². The van der Waals surface area contributed by atoms with Crippen LogP contribution in [0.4, 0.5) is 0 Å². The van der Waals surface area contributed by atoms with Crippen LogP contribution in [0.5, 0.6) is 0 Å². The molecule has 0 saturated carbocycles. The maximum Gasteiger partial charge on any atom is 0.306 e. The first kappa shape index (κ1) is 53.3. The topological polar surface area (TPSA) is 112 Å². The summed E-state index contributed by atoms with van der Waals surface area (Å²) in [4.78, 5) is 36.2. The molecule has 336 valence electrons. The summed E-state index contributed by atoms with van der Waals surface area (Å²) in [7, 11) is 0. The van der Waals surface area contributed by atoms with Gasteiger partial charge in [0.2, 0.25) is 0 Å². The monoisotopic (exact) mass is 814 g/mol. The Hall–Kier alpha value is -2.68. The number of rotatable bonds is 42. The van der Waals surface area contributed by atoms with Gasteiger partial charge >= 0.3 is 11.9 Å². The normalized spacial score (nSPS) is 12.3. The Bertz CT molecular complexity index is 1170. The number of aliphatic imine (C=N–C) groups is 1. The van der Waals surface area contributed by atoms with Crippen LogP contribution in [0.15, 0.2) is 24.1 Å². The lowest BCUT2D eigenvalue weighted by molar-refractivity contribution is -0.150. The van der Waals surface area contributed by atoms with E-state index in [1.807, 2.05) is 13.3 Å². The highest BCUT2D eigenvalue weighted by atomic mass is 16.5. The minimum absolute atomic E-state index is 0.00915. The fourth-order valence-electron chi connectivity index (χ4n) is 7.75. The van der Waals surface area contributed by atoms with Crippen molar-refractivity contribution in [2.75, 3.05) is 26.2 Å². The standard InChI is InChI=1S/C49H91N5O4/c1-6-10-13-16-17-25-32-42-57-46(55)36-28-21-18-23-30-38-53(40-33-41-54-43-52-48(44(54)5)49(50)51-9-4)39-31-24-19-22-29-37-47(56)58-45(34-26-15-12-8-3)35-27-20-14-11-7-2/h9,43,45H,4,6-8,10-42H2,1-3,5H3,(H2,50,51). The summed E-state index contributed by atoms with van der Waals surface area (Å²) in [6, 6.07) is 0. The molecule has 9 nitrogen and oxygen atoms in total. The fourth-order valence-corrected chi connectivity index (χ4v) is 7.75. The van der Waals surface area contributed by atoms with Crippen LogP contribution < -0.4 is 5.73 Å². The number of nitrogens with two attached hydrogens (primary N) is 1. The van der Waals surface area contributed by atoms with Crippen LogP contribution in [0.25, 0.3) is 0 Å². The molecule has 1 aromatic rings. The van der Waals surface area contributed by atoms with Crippen molar-refractivity contribution in [3.63, 3.8) is 0 Å². The largest absolute Gasteiger partial charge is 0.466 e. The number of imidazole rings is 1. The van der Waals surface area contributed by atoms with Crippen molar-refractivity contribution in [2.45, 2.75) is 239 Å².